The highest BCUT2D eigenvalue weighted by molar-refractivity contribution is 7.98. The van der Waals surface area contributed by atoms with Gasteiger partial charge in [-0.3, -0.25) is 0 Å². The number of aromatic nitrogens is 3. The fourth-order valence-electron chi connectivity index (χ4n) is 3.28. The Bertz CT molecular complexity index is 1480. The number of oxazole rings is 1. The fraction of sp³-hybridized carbons (Fsp3) is 0.160. The predicted octanol–water partition coefficient (Wildman–Crippen LogP) is 3.80. The maximum Gasteiger partial charge on any atom is 0.226 e. The van der Waals surface area contributed by atoms with E-state index >= 15 is 0 Å². The molecule has 0 aliphatic rings. The molecule has 0 saturated heterocycles. The van der Waals surface area contributed by atoms with Crippen LogP contribution in [0.15, 0.2) is 58.3 Å². The Hall–Kier alpha value is -4.13. The summed E-state index contributed by atoms with van der Waals surface area (Å²) in [7, 11) is 0. The third-order valence-electron chi connectivity index (χ3n) is 5.07. The summed E-state index contributed by atoms with van der Waals surface area (Å²) in [5.74, 6) is 0.947. The van der Waals surface area contributed by atoms with E-state index in [0.29, 0.717) is 38.5 Å². The molecule has 0 unspecified atom stereocenters. The molecule has 0 fully saturated rings. The number of rotatable bonds is 9. The van der Waals surface area contributed by atoms with Gasteiger partial charge >= 0.3 is 0 Å². The summed E-state index contributed by atoms with van der Waals surface area (Å²) in [5, 5.41) is 39.0. The van der Waals surface area contributed by atoms with Crippen molar-refractivity contribution in [3.05, 3.63) is 70.7 Å². The zero-order chi connectivity index (χ0) is 26.4. The molecule has 3 aromatic heterocycles. The van der Waals surface area contributed by atoms with Gasteiger partial charge in [-0.05, 0) is 30.3 Å². The number of nitrogens with zero attached hydrogens (tertiary/aromatic N) is 5. The van der Waals surface area contributed by atoms with Crippen molar-refractivity contribution in [2.24, 2.45) is 0 Å². The molecule has 186 valence electrons. The topological polar surface area (TPSA) is 175 Å². The van der Waals surface area contributed by atoms with E-state index in [1.54, 1.807) is 30.3 Å². The molecule has 37 heavy (non-hydrogen) atoms. The Kier molecular flexibility index (Phi) is 8.23. The second-order valence-corrected chi connectivity index (χ2v) is 9.02. The summed E-state index contributed by atoms with van der Waals surface area (Å²) in [4.78, 5) is 12.9. The minimum absolute atomic E-state index is 0.0209. The first-order chi connectivity index (χ1) is 17.9. The number of thioether (sulfide) groups is 1. The molecule has 0 bridgehead atoms. The monoisotopic (exact) mass is 534 g/mol. The Morgan fingerprint density at radius 3 is 2.46 bits per heavy atom. The number of nitrogens with two attached hydrogens (primary N) is 1. The number of nitriles is 2. The van der Waals surface area contributed by atoms with Gasteiger partial charge < -0.3 is 25.1 Å². The van der Waals surface area contributed by atoms with E-state index in [1.807, 2.05) is 6.07 Å². The van der Waals surface area contributed by atoms with E-state index in [-0.39, 0.29) is 29.4 Å². The highest BCUT2D eigenvalue weighted by Crippen LogP contribution is 2.37. The third kappa shape index (κ3) is 6.00. The van der Waals surface area contributed by atoms with Gasteiger partial charge in [-0.25, -0.2) is 15.0 Å². The van der Waals surface area contributed by atoms with Crippen molar-refractivity contribution in [3.8, 4) is 40.6 Å². The number of ether oxygens (including phenoxy) is 1. The first-order valence-corrected chi connectivity index (χ1v) is 12.1. The van der Waals surface area contributed by atoms with Crippen LogP contribution in [0.4, 0.5) is 5.82 Å². The number of halogens is 1. The van der Waals surface area contributed by atoms with Crippen LogP contribution in [0.1, 0.15) is 16.8 Å². The van der Waals surface area contributed by atoms with Crippen molar-refractivity contribution >= 4 is 29.2 Å². The van der Waals surface area contributed by atoms with E-state index in [2.05, 4.69) is 21.0 Å². The summed E-state index contributed by atoms with van der Waals surface area (Å²) in [5.41, 5.74) is 8.47. The number of pyridine rings is 2. The quantitative estimate of drug-likeness (QED) is 0.266. The second-order valence-electron chi connectivity index (χ2n) is 7.62. The first kappa shape index (κ1) is 25.9. The van der Waals surface area contributed by atoms with Crippen LogP contribution < -0.4 is 10.5 Å². The van der Waals surface area contributed by atoms with Gasteiger partial charge in [-0.2, -0.15) is 10.5 Å². The van der Waals surface area contributed by atoms with Gasteiger partial charge in [0.05, 0.1) is 17.9 Å². The van der Waals surface area contributed by atoms with Gasteiger partial charge in [0.25, 0.3) is 0 Å². The molecule has 0 amide bonds. The molecule has 3 heterocycles. The highest BCUT2D eigenvalue weighted by atomic mass is 35.5. The molecule has 0 saturated carbocycles. The van der Waals surface area contributed by atoms with Gasteiger partial charge in [0, 0.05) is 39.7 Å². The molecule has 1 atom stereocenters. The van der Waals surface area contributed by atoms with Crippen molar-refractivity contribution in [2.75, 3.05) is 18.9 Å². The van der Waals surface area contributed by atoms with Crippen molar-refractivity contribution in [2.45, 2.75) is 16.9 Å². The van der Waals surface area contributed by atoms with Crippen molar-refractivity contribution in [1.29, 1.82) is 10.5 Å². The molecule has 0 spiro atoms. The van der Waals surface area contributed by atoms with Gasteiger partial charge in [0.2, 0.25) is 11.8 Å². The molecule has 1 aromatic carbocycles. The van der Waals surface area contributed by atoms with Crippen LogP contribution in [0, 0.1) is 22.7 Å². The third-order valence-corrected chi connectivity index (χ3v) is 6.34. The van der Waals surface area contributed by atoms with Crippen LogP contribution in [0.2, 0.25) is 5.02 Å². The second kappa shape index (κ2) is 11.7. The molecule has 4 aromatic rings. The van der Waals surface area contributed by atoms with Crippen LogP contribution in [0.5, 0.6) is 5.88 Å². The Balaban J connectivity index is 1.60. The lowest BCUT2D eigenvalue weighted by molar-refractivity contribution is 0.0521. The first-order valence-electron chi connectivity index (χ1n) is 10.8. The minimum Gasteiger partial charge on any atom is -0.475 e. The lowest BCUT2D eigenvalue weighted by Gasteiger charge is -2.13. The number of benzene rings is 1. The van der Waals surface area contributed by atoms with Crippen LogP contribution in [-0.2, 0) is 5.75 Å². The maximum absolute atomic E-state index is 9.98. The van der Waals surface area contributed by atoms with Gasteiger partial charge in [0.1, 0.15) is 47.5 Å². The molecule has 4 N–H and O–H groups in total. The molecule has 12 heteroatoms. The average Bonchev–Trinajstić information content (AvgIpc) is 3.39. The van der Waals surface area contributed by atoms with Crippen LogP contribution in [0.25, 0.3) is 22.6 Å². The van der Waals surface area contributed by atoms with Crippen molar-refractivity contribution in [1.82, 2.24) is 15.0 Å². The smallest absolute Gasteiger partial charge is 0.226 e. The minimum atomic E-state index is -1.04. The Morgan fingerprint density at radius 1 is 1.08 bits per heavy atom. The van der Waals surface area contributed by atoms with Gasteiger partial charge in [-0.15, -0.1) is 0 Å². The molecule has 0 radical (unpaired) electrons. The Labute approximate surface area is 220 Å². The maximum atomic E-state index is 9.98. The van der Waals surface area contributed by atoms with E-state index in [1.165, 1.54) is 30.3 Å². The summed E-state index contributed by atoms with van der Waals surface area (Å²) in [6.45, 7) is -0.580. The molecular formula is C25H19ClN6O4S. The largest absolute Gasteiger partial charge is 0.475 e. The fourth-order valence-corrected chi connectivity index (χ4v) is 4.28. The number of aliphatic hydroxyl groups is 2. The number of anilines is 1. The van der Waals surface area contributed by atoms with Crippen LogP contribution >= 0.6 is 23.4 Å². The summed E-state index contributed by atoms with van der Waals surface area (Å²) >= 11 is 7.17. The van der Waals surface area contributed by atoms with Crippen LogP contribution in [0.3, 0.4) is 0 Å². The van der Waals surface area contributed by atoms with E-state index in [4.69, 9.17) is 31.6 Å². The number of nitrogen functional groups attached to an aromatic ring is 1. The predicted molar refractivity (Wildman–Crippen MR) is 136 cm³/mol. The molecule has 4 rings (SSSR count). The molecular weight excluding hydrogens is 516 g/mol. The summed E-state index contributed by atoms with van der Waals surface area (Å²) < 4.78 is 10.9. The SMILES string of the molecule is N#Cc1c(N)nc(SCc2coc(-c3ccc(Cl)cc3)n2)c(C#N)c1-c1ccc(OC[C@@H](O)CO)nc1. The van der Waals surface area contributed by atoms with Gasteiger partial charge in [0.15, 0.2) is 0 Å². The Morgan fingerprint density at radius 2 is 1.81 bits per heavy atom. The van der Waals surface area contributed by atoms with E-state index < -0.39 is 12.7 Å². The zero-order valence-corrected chi connectivity index (χ0v) is 20.7. The molecule has 10 nitrogen and oxygen atoms in total. The van der Waals surface area contributed by atoms with Gasteiger partial charge in [-0.1, -0.05) is 23.4 Å². The zero-order valence-electron chi connectivity index (χ0n) is 19.1. The standard InChI is InChI=1S/C25H19ClN6O4S/c26-16-4-1-14(2-5-16)24-31-17(11-36-24)13-37-25-20(8-28)22(19(7-27)23(29)32-25)15-3-6-21(30-9-15)35-12-18(34)10-33/h1-6,9,11,18,33-34H,10,12-13H2,(H2,29,32)/t18-/m0/s1. The normalized spacial score (nSPS) is 11.5. The molecule has 0 aliphatic heterocycles. The lowest BCUT2D eigenvalue weighted by atomic mass is 9.98. The summed E-state index contributed by atoms with van der Waals surface area (Å²) in [6, 6.07) is 14.4. The summed E-state index contributed by atoms with van der Waals surface area (Å²) in [6.07, 6.45) is 1.91. The van der Waals surface area contributed by atoms with Crippen molar-refractivity contribution in [3.63, 3.8) is 0 Å². The highest BCUT2D eigenvalue weighted by Gasteiger charge is 2.21. The molecule has 0 aliphatic carbocycles. The lowest BCUT2D eigenvalue weighted by Crippen LogP contribution is -2.21. The van der Waals surface area contributed by atoms with Crippen LogP contribution in [-0.4, -0.2) is 44.5 Å². The van der Waals surface area contributed by atoms with Crippen molar-refractivity contribution < 1.29 is 19.4 Å². The number of aliphatic hydroxyl groups excluding tert-OH is 2. The number of hydrogen-bond donors (Lipinski definition) is 3. The number of hydrogen-bond acceptors (Lipinski definition) is 11. The average molecular weight is 535 g/mol. The van der Waals surface area contributed by atoms with E-state index in [0.717, 1.165) is 5.56 Å². The van der Waals surface area contributed by atoms with E-state index in [9.17, 15) is 15.6 Å².